The van der Waals surface area contributed by atoms with Crippen molar-refractivity contribution in [3.63, 3.8) is 0 Å². The lowest BCUT2D eigenvalue weighted by Gasteiger charge is -2.62. The molecule has 136 valence electrons. The van der Waals surface area contributed by atoms with Gasteiger partial charge in [0, 0.05) is 27.4 Å². The Hall–Kier alpha value is 0.0169. The molecule has 0 aromatic carbocycles. The number of nitrogens with two attached hydrogens (primary N) is 2. The number of ether oxygens (including phenoxy) is 1. The molecule has 0 spiro atoms. The van der Waals surface area contributed by atoms with Crippen LogP contribution in [0.5, 0.6) is 0 Å². The molecule has 4 N–H and O–H groups in total. The molecule has 5 nitrogen and oxygen atoms in total. The van der Waals surface area contributed by atoms with Crippen LogP contribution < -0.4 is 11.5 Å². The van der Waals surface area contributed by atoms with Crippen molar-refractivity contribution >= 4 is 8.56 Å². The molecule has 1 aliphatic heterocycles. The molecule has 3 unspecified atom stereocenters. The third-order valence-electron chi connectivity index (χ3n) is 6.60. The zero-order valence-electron chi connectivity index (χ0n) is 15.4. The fourth-order valence-corrected chi connectivity index (χ4v) is 9.76. The molecule has 23 heavy (non-hydrogen) atoms. The van der Waals surface area contributed by atoms with Gasteiger partial charge in [-0.05, 0) is 37.6 Å². The Labute approximate surface area is 142 Å². The fraction of sp³-hybridized carbons (Fsp3) is 1.00. The van der Waals surface area contributed by atoms with Crippen molar-refractivity contribution in [1.82, 2.24) is 0 Å². The molecular formula is C17H36N2O3Si. The largest absolute Gasteiger partial charge is 0.396 e. The van der Waals surface area contributed by atoms with E-state index in [1.807, 2.05) is 0 Å². The molecule has 1 heterocycles. The monoisotopic (exact) mass is 344 g/mol. The van der Waals surface area contributed by atoms with E-state index in [4.69, 9.17) is 25.1 Å². The van der Waals surface area contributed by atoms with Crippen molar-refractivity contribution < 1.29 is 13.6 Å². The van der Waals surface area contributed by atoms with E-state index in [9.17, 15) is 0 Å². The summed E-state index contributed by atoms with van der Waals surface area (Å²) >= 11 is 0. The zero-order chi connectivity index (χ0) is 17.1. The van der Waals surface area contributed by atoms with Gasteiger partial charge >= 0.3 is 8.56 Å². The third kappa shape index (κ3) is 2.71. The fourth-order valence-electron chi connectivity index (χ4n) is 5.44. The highest BCUT2D eigenvalue weighted by Gasteiger charge is 2.72. The summed E-state index contributed by atoms with van der Waals surface area (Å²) in [5, 5.41) is -0.585. The molecule has 2 rings (SSSR count). The van der Waals surface area contributed by atoms with Gasteiger partial charge in [0.05, 0.1) is 5.54 Å². The van der Waals surface area contributed by atoms with Gasteiger partial charge in [-0.25, -0.2) is 0 Å². The van der Waals surface area contributed by atoms with Gasteiger partial charge in [-0.2, -0.15) is 0 Å². The summed E-state index contributed by atoms with van der Waals surface area (Å²) in [5.41, 5.74) is 13.3. The van der Waals surface area contributed by atoms with Gasteiger partial charge in [-0.1, -0.05) is 32.6 Å². The second-order valence-electron chi connectivity index (χ2n) is 7.36. The average molecular weight is 345 g/mol. The van der Waals surface area contributed by atoms with Crippen molar-refractivity contribution in [3.8, 4) is 0 Å². The molecule has 0 aromatic rings. The Morgan fingerprint density at radius 3 is 2.13 bits per heavy atom. The second kappa shape index (κ2) is 7.50. The first-order valence-corrected chi connectivity index (χ1v) is 11.2. The van der Waals surface area contributed by atoms with Gasteiger partial charge in [-0.3, -0.25) is 0 Å². The predicted octanol–water partition coefficient (Wildman–Crippen LogP) is 2.45. The lowest BCUT2D eigenvalue weighted by atomic mass is 9.66. The summed E-state index contributed by atoms with van der Waals surface area (Å²) in [6, 6.07) is 0.781. The van der Waals surface area contributed by atoms with Crippen molar-refractivity contribution in [2.24, 2.45) is 17.4 Å². The van der Waals surface area contributed by atoms with Crippen LogP contribution in [-0.4, -0.2) is 46.7 Å². The van der Waals surface area contributed by atoms with E-state index in [0.717, 1.165) is 38.1 Å². The highest BCUT2D eigenvalue weighted by Crippen LogP contribution is 2.52. The van der Waals surface area contributed by atoms with Crippen molar-refractivity contribution in [3.05, 3.63) is 0 Å². The number of methoxy groups -OCH3 is 1. The van der Waals surface area contributed by atoms with Gasteiger partial charge in [-0.15, -0.1) is 0 Å². The van der Waals surface area contributed by atoms with Crippen LogP contribution in [0.25, 0.3) is 0 Å². The van der Waals surface area contributed by atoms with Crippen molar-refractivity contribution in [1.29, 1.82) is 0 Å². The number of hydrogen-bond acceptors (Lipinski definition) is 5. The first-order chi connectivity index (χ1) is 11.0. The maximum Gasteiger partial charge on any atom is 0.372 e. The van der Waals surface area contributed by atoms with Gasteiger partial charge in [0.2, 0.25) is 0 Å². The maximum absolute atomic E-state index is 7.20. The van der Waals surface area contributed by atoms with E-state index in [-0.39, 0.29) is 6.04 Å². The maximum atomic E-state index is 7.20. The summed E-state index contributed by atoms with van der Waals surface area (Å²) < 4.78 is 18.4. The second-order valence-corrected chi connectivity index (χ2v) is 11.0. The Bertz CT molecular complexity index is 388. The Balaban J connectivity index is 2.56. The summed E-state index contributed by atoms with van der Waals surface area (Å²) in [6.45, 7) is 2.17. The molecule has 0 bridgehead atoms. The molecule has 1 saturated heterocycles. The van der Waals surface area contributed by atoms with Crippen LogP contribution >= 0.6 is 0 Å². The molecule has 0 aromatic heterocycles. The summed E-state index contributed by atoms with van der Waals surface area (Å²) in [4.78, 5) is 0. The van der Waals surface area contributed by atoms with Gasteiger partial charge < -0.3 is 25.1 Å². The molecule has 0 amide bonds. The van der Waals surface area contributed by atoms with E-state index >= 15 is 0 Å². The van der Waals surface area contributed by atoms with Crippen LogP contribution in [0.2, 0.25) is 6.04 Å². The average Bonchev–Trinajstić information content (AvgIpc) is 2.60. The predicted molar refractivity (Wildman–Crippen MR) is 95.3 cm³/mol. The van der Waals surface area contributed by atoms with E-state index < -0.39 is 19.3 Å². The first kappa shape index (κ1) is 19.3. The topological polar surface area (TPSA) is 79.7 Å². The lowest BCUT2D eigenvalue weighted by Crippen LogP contribution is -2.85. The quantitative estimate of drug-likeness (QED) is 0.724. The van der Waals surface area contributed by atoms with Gasteiger partial charge in [0.25, 0.3) is 0 Å². The van der Waals surface area contributed by atoms with Crippen LogP contribution in [0.3, 0.4) is 0 Å². The molecular weight excluding hydrogens is 308 g/mol. The van der Waals surface area contributed by atoms with Crippen LogP contribution in [0.1, 0.15) is 58.3 Å². The summed E-state index contributed by atoms with van der Waals surface area (Å²) in [6.07, 6.45) is 8.72. The van der Waals surface area contributed by atoms with E-state index in [1.54, 1.807) is 21.3 Å². The highest BCUT2D eigenvalue weighted by molar-refractivity contribution is 6.71. The minimum atomic E-state index is -2.62. The molecule has 1 saturated carbocycles. The van der Waals surface area contributed by atoms with Gasteiger partial charge in [0.1, 0.15) is 5.22 Å². The molecule has 2 aliphatic rings. The van der Waals surface area contributed by atoms with Crippen LogP contribution in [0.4, 0.5) is 0 Å². The first-order valence-electron chi connectivity index (χ1n) is 9.18. The number of rotatable bonds is 6. The van der Waals surface area contributed by atoms with Crippen molar-refractivity contribution in [2.45, 2.75) is 81.1 Å². The van der Waals surface area contributed by atoms with Crippen LogP contribution in [0, 0.1) is 5.92 Å². The molecule has 1 aliphatic carbocycles. The van der Waals surface area contributed by atoms with Crippen LogP contribution in [-0.2, 0) is 13.6 Å². The smallest absolute Gasteiger partial charge is 0.372 e. The SMILES string of the molecule is CCCC1(OC)C(N)(C2CCCCC2)C(N)CC[Si]1(OC)OC. The van der Waals surface area contributed by atoms with E-state index in [2.05, 4.69) is 6.92 Å². The summed E-state index contributed by atoms with van der Waals surface area (Å²) in [7, 11) is 2.68. The Kier molecular flexibility index (Phi) is 6.30. The van der Waals surface area contributed by atoms with E-state index in [0.29, 0.717) is 5.92 Å². The third-order valence-corrected chi connectivity index (χ3v) is 11.0. The minimum Gasteiger partial charge on any atom is -0.396 e. The van der Waals surface area contributed by atoms with Crippen molar-refractivity contribution in [2.75, 3.05) is 21.3 Å². The minimum absolute atomic E-state index is 0.0666. The number of hydrogen-bond donors (Lipinski definition) is 2. The molecule has 2 fully saturated rings. The standard InChI is InChI=1S/C17H36N2O3Si/c1-5-12-16(20-2)17(19,14-9-7-6-8-10-14)15(18)11-13-23(16,21-3)22-4/h14-15H,5-13,18-19H2,1-4H3. The molecule has 3 atom stereocenters. The van der Waals surface area contributed by atoms with Crippen LogP contribution in [0.15, 0.2) is 0 Å². The Morgan fingerprint density at radius 1 is 1.04 bits per heavy atom. The van der Waals surface area contributed by atoms with E-state index in [1.165, 1.54) is 19.3 Å². The zero-order valence-corrected chi connectivity index (χ0v) is 16.4. The van der Waals surface area contributed by atoms with Gasteiger partial charge in [0.15, 0.2) is 0 Å². The Morgan fingerprint density at radius 2 is 1.65 bits per heavy atom. The highest BCUT2D eigenvalue weighted by atomic mass is 28.4. The molecule has 6 heteroatoms. The summed E-state index contributed by atoms with van der Waals surface area (Å²) in [5.74, 6) is 0.384. The lowest BCUT2D eigenvalue weighted by molar-refractivity contribution is -0.0991. The normalized spacial score (nSPS) is 38.6. The molecule has 0 radical (unpaired) electrons.